The Kier molecular flexibility index (Phi) is 4.89. The molecule has 1 N–H and O–H groups in total. The van der Waals surface area contributed by atoms with Crippen LogP contribution in [0.25, 0.3) is 0 Å². The van der Waals surface area contributed by atoms with Gasteiger partial charge in [-0.2, -0.15) is 0 Å². The van der Waals surface area contributed by atoms with Gasteiger partial charge in [0.15, 0.2) is 0 Å². The van der Waals surface area contributed by atoms with Crippen LogP contribution < -0.4 is 5.32 Å². The summed E-state index contributed by atoms with van der Waals surface area (Å²) in [4.78, 5) is 25.1. The largest absolute Gasteiger partial charge is 0.324 e. The molecule has 1 fully saturated rings. The highest BCUT2D eigenvalue weighted by atomic mass is 35.5. The lowest BCUT2D eigenvalue weighted by Gasteiger charge is -2.30. The Morgan fingerprint density at radius 1 is 1.20 bits per heavy atom. The van der Waals surface area contributed by atoms with E-state index < -0.39 is 0 Å². The summed E-state index contributed by atoms with van der Waals surface area (Å²) in [5.74, 6) is 0.290. The van der Waals surface area contributed by atoms with Gasteiger partial charge in [-0.3, -0.25) is 4.79 Å². The number of nitrogens with one attached hydrogen (secondary N) is 1. The van der Waals surface area contributed by atoms with E-state index >= 15 is 0 Å². The van der Waals surface area contributed by atoms with E-state index in [1.807, 2.05) is 0 Å². The summed E-state index contributed by atoms with van der Waals surface area (Å²) in [7, 11) is 0. The zero-order chi connectivity index (χ0) is 14.7. The molecule has 0 unspecified atom stereocenters. The molecule has 0 aromatic heterocycles. The van der Waals surface area contributed by atoms with Crippen LogP contribution in [0.3, 0.4) is 0 Å². The minimum Gasteiger partial charge on any atom is -0.324 e. The molecule has 0 spiro atoms. The topological polar surface area (TPSA) is 49.4 Å². The van der Waals surface area contributed by atoms with Gasteiger partial charge in [0.2, 0.25) is 0 Å². The van der Waals surface area contributed by atoms with Crippen molar-refractivity contribution in [2.45, 2.75) is 19.8 Å². The number of rotatable bonds is 2. The molecule has 2 rings (SSSR count). The number of piperidine rings is 1. The number of halogens is 2. The first-order valence-corrected chi connectivity index (χ1v) is 7.24. The number of urea groups is 1. The number of anilines is 1. The number of hydrogen-bond donors (Lipinski definition) is 1. The maximum absolute atomic E-state index is 12.1. The van der Waals surface area contributed by atoms with E-state index in [4.69, 9.17) is 23.2 Å². The highest BCUT2D eigenvalue weighted by Gasteiger charge is 2.25. The van der Waals surface area contributed by atoms with Gasteiger partial charge in [0.05, 0.1) is 10.0 Å². The zero-order valence-corrected chi connectivity index (χ0v) is 12.7. The third kappa shape index (κ3) is 3.64. The lowest BCUT2D eigenvalue weighted by atomic mass is 9.93. The number of carbonyl (C=O) groups is 2. The van der Waals surface area contributed by atoms with Gasteiger partial charge in [-0.05, 0) is 38.0 Å². The Labute approximate surface area is 128 Å². The van der Waals surface area contributed by atoms with E-state index in [0.29, 0.717) is 28.8 Å². The molecule has 1 aliphatic heterocycles. The fraction of sp³-hybridized carbons (Fsp3) is 0.429. The first kappa shape index (κ1) is 15.1. The molecule has 0 aliphatic carbocycles. The SMILES string of the molecule is CC(=O)C1CCN(C(=O)Nc2ccc(Cl)c(Cl)c2)CC1. The van der Waals surface area contributed by atoms with Crippen molar-refractivity contribution in [2.75, 3.05) is 18.4 Å². The first-order valence-electron chi connectivity index (χ1n) is 6.49. The minimum absolute atomic E-state index is 0.0871. The van der Waals surface area contributed by atoms with Crippen LogP contribution >= 0.6 is 23.2 Å². The molecular weight excluding hydrogens is 299 g/mol. The quantitative estimate of drug-likeness (QED) is 0.902. The third-order valence-corrected chi connectivity index (χ3v) is 4.27. The summed E-state index contributed by atoms with van der Waals surface area (Å²) in [6, 6.07) is 4.78. The average Bonchev–Trinajstić information content (AvgIpc) is 2.43. The van der Waals surface area contributed by atoms with Crippen LogP contribution in [-0.4, -0.2) is 29.8 Å². The van der Waals surface area contributed by atoms with Crippen LogP contribution in [0.4, 0.5) is 10.5 Å². The van der Waals surface area contributed by atoms with Crippen molar-refractivity contribution in [2.24, 2.45) is 5.92 Å². The van der Waals surface area contributed by atoms with Gasteiger partial charge in [0.1, 0.15) is 5.78 Å². The first-order chi connectivity index (χ1) is 9.47. The molecule has 6 heteroatoms. The van der Waals surface area contributed by atoms with Crippen molar-refractivity contribution in [3.63, 3.8) is 0 Å². The number of ketones is 1. The summed E-state index contributed by atoms with van der Waals surface area (Å²) >= 11 is 11.7. The van der Waals surface area contributed by atoms with Crippen molar-refractivity contribution in [1.82, 2.24) is 4.90 Å². The number of hydrogen-bond acceptors (Lipinski definition) is 2. The van der Waals surface area contributed by atoms with E-state index in [1.165, 1.54) is 0 Å². The number of carbonyl (C=O) groups excluding carboxylic acids is 2. The maximum atomic E-state index is 12.1. The van der Waals surface area contributed by atoms with Gasteiger partial charge in [-0.1, -0.05) is 23.2 Å². The number of nitrogens with zero attached hydrogens (tertiary/aromatic N) is 1. The Morgan fingerprint density at radius 2 is 1.85 bits per heavy atom. The monoisotopic (exact) mass is 314 g/mol. The molecule has 0 radical (unpaired) electrons. The van der Waals surface area contributed by atoms with Crippen LogP contribution in [0.1, 0.15) is 19.8 Å². The lowest BCUT2D eigenvalue weighted by Crippen LogP contribution is -2.42. The molecule has 1 heterocycles. The van der Waals surface area contributed by atoms with Gasteiger partial charge in [-0.15, -0.1) is 0 Å². The number of amides is 2. The Balaban J connectivity index is 1.92. The van der Waals surface area contributed by atoms with Crippen LogP contribution in [0.5, 0.6) is 0 Å². The molecule has 1 aliphatic rings. The molecule has 1 aromatic rings. The summed E-state index contributed by atoms with van der Waals surface area (Å²) in [6.45, 7) is 2.80. The molecule has 20 heavy (non-hydrogen) atoms. The van der Waals surface area contributed by atoms with Crippen LogP contribution in [0.2, 0.25) is 10.0 Å². The molecule has 108 valence electrons. The molecule has 4 nitrogen and oxygen atoms in total. The lowest BCUT2D eigenvalue weighted by molar-refractivity contribution is -0.121. The van der Waals surface area contributed by atoms with Crippen molar-refractivity contribution in [3.8, 4) is 0 Å². The highest BCUT2D eigenvalue weighted by Crippen LogP contribution is 2.25. The zero-order valence-electron chi connectivity index (χ0n) is 11.2. The van der Waals surface area contributed by atoms with Crippen LogP contribution in [0, 0.1) is 5.92 Å². The van der Waals surface area contributed by atoms with Crippen molar-refractivity contribution >= 4 is 40.7 Å². The van der Waals surface area contributed by atoms with Gasteiger partial charge >= 0.3 is 6.03 Å². The predicted molar refractivity (Wildman–Crippen MR) is 80.5 cm³/mol. The number of Topliss-reactive ketones (excluding diaryl/α,β-unsaturated/α-hetero) is 1. The van der Waals surface area contributed by atoms with Gasteiger partial charge in [-0.25, -0.2) is 4.79 Å². The summed E-state index contributed by atoms with van der Waals surface area (Å²) in [5.41, 5.74) is 0.609. The molecule has 1 aromatic carbocycles. The van der Waals surface area contributed by atoms with Crippen LogP contribution in [0.15, 0.2) is 18.2 Å². The molecule has 2 amide bonds. The highest BCUT2D eigenvalue weighted by molar-refractivity contribution is 6.42. The second kappa shape index (κ2) is 6.46. The van der Waals surface area contributed by atoms with Gasteiger partial charge < -0.3 is 10.2 Å². The van der Waals surface area contributed by atoms with E-state index in [0.717, 1.165) is 12.8 Å². The molecule has 1 saturated heterocycles. The fourth-order valence-corrected chi connectivity index (χ4v) is 2.56. The standard InChI is InChI=1S/C14H16Cl2N2O2/c1-9(19)10-4-6-18(7-5-10)14(20)17-11-2-3-12(15)13(16)8-11/h2-3,8,10H,4-7H2,1H3,(H,17,20). The second-order valence-corrected chi connectivity index (χ2v) is 5.75. The third-order valence-electron chi connectivity index (χ3n) is 3.53. The fourth-order valence-electron chi connectivity index (χ4n) is 2.27. The van der Waals surface area contributed by atoms with E-state index in [-0.39, 0.29) is 17.7 Å². The van der Waals surface area contributed by atoms with Gasteiger partial charge in [0, 0.05) is 24.7 Å². The minimum atomic E-state index is -0.176. The van der Waals surface area contributed by atoms with Crippen molar-refractivity contribution in [1.29, 1.82) is 0 Å². The maximum Gasteiger partial charge on any atom is 0.321 e. The average molecular weight is 315 g/mol. The molecule has 0 atom stereocenters. The van der Waals surface area contributed by atoms with E-state index in [1.54, 1.807) is 30.0 Å². The van der Waals surface area contributed by atoms with Crippen LogP contribution in [-0.2, 0) is 4.79 Å². The normalized spacial score (nSPS) is 16.1. The summed E-state index contributed by atoms with van der Waals surface area (Å²) < 4.78 is 0. The Morgan fingerprint density at radius 3 is 2.40 bits per heavy atom. The molecule has 0 saturated carbocycles. The van der Waals surface area contributed by atoms with Crippen molar-refractivity contribution < 1.29 is 9.59 Å². The summed E-state index contributed by atoms with van der Waals surface area (Å²) in [5, 5.41) is 3.64. The van der Waals surface area contributed by atoms with E-state index in [2.05, 4.69) is 5.32 Å². The Bertz CT molecular complexity index is 526. The Hall–Kier alpha value is -1.26. The number of likely N-dealkylation sites (tertiary alicyclic amines) is 1. The molecular formula is C14H16Cl2N2O2. The summed E-state index contributed by atoms with van der Waals surface area (Å²) in [6.07, 6.45) is 1.45. The smallest absolute Gasteiger partial charge is 0.321 e. The van der Waals surface area contributed by atoms with Crippen molar-refractivity contribution in [3.05, 3.63) is 28.2 Å². The van der Waals surface area contributed by atoms with E-state index in [9.17, 15) is 9.59 Å². The molecule has 0 bridgehead atoms. The second-order valence-electron chi connectivity index (χ2n) is 4.93. The number of benzene rings is 1. The predicted octanol–water partition coefficient (Wildman–Crippen LogP) is 3.83. The van der Waals surface area contributed by atoms with Gasteiger partial charge in [0.25, 0.3) is 0 Å².